The number of esters is 1. The van der Waals surface area contributed by atoms with Crippen LogP contribution in [-0.4, -0.2) is 43.2 Å². The van der Waals surface area contributed by atoms with E-state index in [2.05, 4.69) is 4.90 Å². The summed E-state index contributed by atoms with van der Waals surface area (Å²) in [7, 11) is 0. The van der Waals surface area contributed by atoms with Gasteiger partial charge in [0.05, 0.1) is 18.8 Å². The minimum Gasteiger partial charge on any atom is -0.494 e. The molecule has 2 atom stereocenters. The van der Waals surface area contributed by atoms with Crippen LogP contribution in [0.2, 0.25) is 0 Å². The number of carbonyl (C=O) groups excluding carboxylic acids is 1. The number of rotatable bonds is 6. The second-order valence-corrected chi connectivity index (χ2v) is 6.88. The Labute approximate surface area is 145 Å². The van der Waals surface area contributed by atoms with Crippen molar-refractivity contribution in [3.63, 3.8) is 0 Å². The smallest absolute Gasteiger partial charge is 0.338 e. The molecule has 0 aliphatic carbocycles. The van der Waals surface area contributed by atoms with Gasteiger partial charge in [0.2, 0.25) is 0 Å². The molecule has 1 aromatic carbocycles. The largest absolute Gasteiger partial charge is 0.494 e. The minimum atomic E-state index is -0.227. The van der Waals surface area contributed by atoms with Gasteiger partial charge in [0.1, 0.15) is 5.75 Å². The van der Waals surface area contributed by atoms with E-state index in [4.69, 9.17) is 9.47 Å². The van der Waals surface area contributed by atoms with Crippen LogP contribution in [0.4, 0.5) is 0 Å². The van der Waals surface area contributed by atoms with Crippen molar-refractivity contribution >= 4 is 5.97 Å². The Morgan fingerprint density at radius 2 is 1.92 bits per heavy atom. The fourth-order valence-electron chi connectivity index (χ4n) is 4.15. The summed E-state index contributed by atoms with van der Waals surface area (Å²) in [6, 6.07) is 7.91. The van der Waals surface area contributed by atoms with Gasteiger partial charge in [0.25, 0.3) is 0 Å². The average Bonchev–Trinajstić information content (AvgIpc) is 2.63. The normalized spacial score (nSPS) is 24.2. The molecule has 0 bridgehead atoms. The van der Waals surface area contributed by atoms with Crippen molar-refractivity contribution in [2.45, 2.75) is 51.5 Å². The number of benzene rings is 1. The lowest BCUT2D eigenvalue weighted by molar-refractivity contribution is 0.0296. The Kier molecular flexibility index (Phi) is 6.13. The lowest BCUT2D eigenvalue weighted by Crippen LogP contribution is -2.48. The van der Waals surface area contributed by atoms with Crippen molar-refractivity contribution in [1.82, 2.24) is 4.90 Å². The molecule has 4 nitrogen and oxygen atoms in total. The highest BCUT2D eigenvalue weighted by Crippen LogP contribution is 2.32. The van der Waals surface area contributed by atoms with Gasteiger partial charge >= 0.3 is 5.97 Å². The molecule has 0 N–H and O–H groups in total. The Morgan fingerprint density at radius 1 is 1.12 bits per heavy atom. The molecular weight excluding hydrogens is 302 g/mol. The number of piperidine rings is 2. The van der Waals surface area contributed by atoms with Gasteiger partial charge in [-0.25, -0.2) is 4.79 Å². The van der Waals surface area contributed by atoms with E-state index >= 15 is 0 Å². The minimum absolute atomic E-state index is 0.227. The van der Waals surface area contributed by atoms with E-state index in [1.165, 1.54) is 45.2 Å². The number of hydrogen-bond acceptors (Lipinski definition) is 4. The quantitative estimate of drug-likeness (QED) is 0.741. The molecule has 2 aliphatic heterocycles. The summed E-state index contributed by atoms with van der Waals surface area (Å²) in [5.41, 5.74) is 0.599. The molecule has 0 aromatic heterocycles. The van der Waals surface area contributed by atoms with Crippen LogP contribution in [-0.2, 0) is 4.74 Å². The summed E-state index contributed by atoms with van der Waals surface area (Å²) in [6.07, 6.45) is 7.57. The molecule has 1 aromatic rings. The van der Waals surface area contributed by atoms with Crippen molar-refractivity contribution < 1.29 is 14.3 Å². The van der Waals surface area contributed by atoms with Gasteiger partial charge in [-0.1, -0.05) is 6.42 Å². The second-order valence-electron chi connectivity index (χ2n) is 6.88. The van der Waals surface area contributed by atoms with E-state index in [9.17, 15) is 4.79 Å². The fraction of sp³-hybridized carbons (Fsp3) is 0.650. The molecule has 132 valence electrons. The first-order valence-electron chi connectivity index (χ1n) is 9.42. The second kappa shape index (κ2) is 8.52. The number of fused-ring (bicyclic) bond motifs is 1. The first-order valence-corrected chi connectivity index (χ1v) is 9.42. The van der Waals surface area contributed by atoms with Gasteiger partial charge in [-0.05, 0) is 82.3 Å². The number of hydrogen-bond donors (Lipinski definition) is 0. The highest BCUT2D eigenvalue weighted by molar-refractivity contribution is 5.89. The summed E-state index contributed by atoms with van der Waals surface area (Å²) in [5.74, 6) is 1.25. The average molecular weight is 331 g/mol. The topological polar surface area (TPSA) is 38.8 Å². The van der Waals surface area contributed by atoms with Crippen LogP contribution >= 0.6 is 0 Å². The zero-order valence-corrected chi connectivity index (χ0v) is 14.7. The molecule has 0 amide bonds. The van der Waals surface area contributed by atoms with E-state index in [0.29, 0.717) is 24.7 Å². The highest BCUT2D eigenvalue weighted by Gasteiger charge is 2.32. The maximum atomic E-state index is 12.2. The van der Waals surface area contributed by atoms with Crippen LogP contribution in [0.5, 0.6) is 5.75 Å². The predicted octanol–water partition coefficient (Wildman–Crippen LogP) is 3.90. The third-order valence-electron chi connectivity index (χ3n) is 5.35. The molecule has 2 heterocycles. The van der Waals surface area contributed by atoms with Crippen LogP contribution in [0.15, 0.2) is 24.3 Å². The summed E-state index contributed by atoms with van der Waals surface area (Å²) in [5, 5.41) is 0. The van der Waals surface area contributed by atoms with Crippen molar-refractivity contribution in [2.24, 2.45) is 5.92 Å². The Hall–Kier alpha value is -1.55. The van der Waals surface area contributed by atoms with Crippen LogP contribution < -0.4 is 4.74 Å². The third-order valence-corrected chi connectivity index (χ3v) is 5.35. The standard InChI is InChI=1S/C20H29NO3/c1-2-23-18-10-8-17(9-11-18)20(22)24-15-12-16-6-5-14-21-13-4-3-7-19(16)21/h8-11,16,19H,2-7,12-15H2,1H3/t16-,19-/m0/s1. The van der Waals surface area contributed by atoms with Gasteiger partial charge in [-0.3, -0.25) is 0 Å². The van der Waals surface area contributed by atoms with Gasteiger partial charge < -0.3 is 14.4 Å². The molecule has 0 radical (unpaired) electrons. The van der Waals surface area contributed by atoms with Gasteiger partial charge in [0, 0.05) is 6.04 Å². The maximum absolute atomic E-state index is 12.2. The molecule has 3 rings (SSSR count). The molecule has 2 fully saturated rings. The lowest BCUT2D eigenvalue weighted by Gasteiger charge is -2.44. The first kappa shape index (κ1) is 17.3. The Bertz CT molecular complexity index is 526. The number of ether oxygens (including phenoxy) is 2. The van der Waals surface area contributed by atoms with E-state index in [0.717, 1.165) is 18.2 Å². The zero-order chi connectivity index (χ0) is 16.8. The monoisotopic (exact) mass is 331 g/mol. The molecule has 4 heteroatoms. The lowest BCUT2D eigenvalue weighted by atomic mass is 9.82. The van der Waals surface area contributed by atoms with Crippen molar-refractivity contribution in [3.8, 4) is 5.75 Å². The van der Waals surface area contributed by atoms with Crippen molar-refractivity contribution in [3.05, 3.63) is 29.8 Å². The summed E-state index contributed by atoms with van der Waals surface area (Å²) >= 11 is 0. The highest BCUT2D eigenvalue weighted by atomic mass is 16.5. The summed E-state index contributed by atoms with van der Waals surface area (Å²) in [4.78, 5) is 14.8. The fourth-order valence-corrected chi connectivity index (χ4v) is 4.15. The van der Waals surface area contributed by atoms with Gasteiger partial charge in [-0.15, -0.1) is 0 Å². The number of carbonyl (C=O) groups is 1. The van der Waals surface area contributed by atoms with Crippen LogP contribution in [0, 0.1) is 5.92 Å². The Balaban J connectivity index is 1.46. The SMILES string of the molecule is CCOc1ccc(C(=O)OCC[C@@H]2CCCN3CCCC[C@@H]23)cc1. The zero-order valence-electron chi connectivity index (χ0n) is 14.7. The first-order chi connectivity index (χ1) is 11.8. The molecule has 2 aliphatic rings. The molecule has 0 saturated carbocycles. The molecular formula is C20H29NO3. The van der Waals surface area contributed by atoms with E-state index in [1.54, 1.807) is 12.1 Å². The van der Waals surface area contributed by atoms with E-state index in [-0.39, 0.29) is 5.97 Å². The van der Waals surface area contributed by atoms with E-state index in [1.807, 2.05) is 19.1 Å². The molecule has 24 heavy (non-hydrogen) atoms. The van der Waals surface area contributed by atoms with Gasteiger partial charge in [-0.2, -0.15) is 0 Å². The maximum Gasteiger partial charge on any atom is 0.338 e. The van der Waals surface area contributed by atoms with Crippen LogP contribution in [0.25, 0.3) is 0 Å². The molecule has 0 unspecified atom stereocenters. The van der Waals surface area contributed by atoms with Crippen LogP contribution in [0.1, 0.15) is 55.8 Å². The van der Waals surface area contributed by atoms with E-state index < -0.39 is 0 Å². The Morgan fingerprint density at radius 3 is 2.71 bits per heavy atom. The van der Waals surface area contributed by atoms with Crippen molar-refractivity contribution in [2.75, 3.05) is 26.3 Å². The molecule has 0 spiro atoms. The predicted molar refractivity (Wildman–Crippen MR) is 94.4 cm³/mol. The summed E-state index contributed by atoms with van der Waals surface area (Å²) in [6.45, 7) is 5.62. The van der Waals surface area contributed by atoms with Crippen molar-refractivity contribution in [1.29, 1.82) is 0 Å². The molecule has 2 saturated heterocycles. The summed E-state index contributed by atoms with van der Waals surface area (Å²) < 4.78 is 10.9. The van der Waals surface area contributed by atoms with Crippen LogP contribution in [0.3, 0.4) is 0 Å². The number of nitrogens with zero attached hydrogens (tertiary/aromatic N) is 1. The third kappa shape index (κ3) is 4.29. The van der Waals surface area contributed by atoms with Gasteiger partial charge in [0.15, 0.2) is 0 Å².